The minimum atomic E-state index is -0.651. The molecular weight excluding hydrogens is 376 g/mol. The summed E-state index contributed by atoms with van der Waals surface area (Å²) in [5.74, 6) is -0.260. The van der Waals surface area contributed by atoms with Crippen molar-refractivity contribution in [3.05, 3.63) is 0 Å². The number of carboxylic acids is 2. The highest BCUT2D eigenvalue weighted by Gasteiger charge is 2.18. The van der Waals surface area contributed by atoms with Crippen molar-refractivity contribution >= 4 is 11.9 Å². The fourth-order valence-corrected chi connectivity index (χ4v) is 4.16. The summed E-state index contributed by atoms with van der Waals surface area (Å²) in [6.07, 6.45) is 16.2. The molecule has 0 rings (SSSR count). The third kappa shape index (κ3) is 17.8. The molecule has 0 radical (unpaired) electrons. The zero-order valence-corrected chi connectivity index (χ0v) is 20.3. The molecule has 2 unspecified atom stereocenters. The molecule has 0 saturated heterocycles. The molecule has 4 heteroatoms. The van der Waals surface area contributed by atoms with E-state index < -0.39 is 11.9 Å². The van der Waals surface area contributed by atoms with Crippen molar-refractivity contribution in [2.75, 3.05) is 0 Å². The van der Waals surface area contributed by atoms with Gasteiger partial charge >= 0.3 is 11.9 Å². The highest BCUT2D eigenvalue weighted by Crippen LogP contribution is 2.22. The first-order valence-corrected chi connectivity index (χ1v) is 12.7. The lowest BCUT2D eigenvalue weighted by molar-refractivity contribution is -0.143. The minimum Gasteiger partial charge on any atom is -0.481 e. The Hall–Kier alpha value is -1.06. The zero-order valence-electron chi connectivity index (χ0n) is 20.3. The van der Waals surface area contributed by atoms with E-state index in [1.165, 1.54) is 25.7 Å². The van der Waals surface area contributed by atoms with Crippen molar-refractivity contribution in [2.45, 2.75) is 130 Å². The summed E-state index contributed by atoms with van der Waals surface area (Å²) in [5, 5.41) is 18.9. The van der Waals surface area contributed by atoms with Gasteiger partial charge in [-0.2, -0.15) is 0 Å². The van der Waals surface area contributed by atoms with Crippen LogP contribution < -0.4 is 0 Å². The maximum absolute atomic E-state index is 11.5. The number of carbonyl (C=O) groups is 2. The van der Waals surface area contributed by atoms with Gasteiger partial charge in [0, 0.05) is 0 Å². The second-order valence-electron chi connectivity index (χ2n) is 10.1. The van der Waals surface area contributed by atoms with Crippen LogP contribution in [0, 0.1) is 23.7 Å². The van der Waals surface area contributed by atoms with Gasteiger partial charge in [-0.05, 0) is 37.5 Å². The van der Waals surface area contributed by atoms with Gasteiger partial charge in [0.15, 0.2) is 0 Å². The Morgan fingerprint density at radius 3 is 0.933 bits per heavy atom. The van der Waals surface area contributed by atoms with Crippen LogP contribution in [0.15, 0.2) is 0 Å². The van der Waals surface area contributed by atoms with Crippen LogP contribution in [0.25, 0.3) is 0 Å². The molecule has 0 aliphatic heterocycles. The van der Waals surface area contributed by atoms with Crippen molar-refractivity contribution in [3.63, 3.8) is 0 Å². The number of hydrogen-bond acceptors (Lipinski definition) is 2. The van der Waals surface area contributed by atoms with E-state index in [2.05, 4.69) is 27.7 Å². The van der Waals surface area contributed by atoms with Crippen LogP contribution in [0.1, 0.15) is 130 Å². The molecule has 0 aromatic carbocycles. The van der Waals surface area contributed by atoms with Gasteiger partial charge < -0.3 is 10.2 Å². The fraction of sp³-hybridized carbons (Fsp3) is 0.923. The van der Waals surface area contributed by atoms with Crippen molar-refractivity contribution in [1.29, 1.82) is 0 Å². The van der Waals surface area contributed by atoms with Gasteiger partial charge in [0.05, 0.1) is 11.8 Å². The molecule has 0 aliphatic carbocycles. The summed E-state index contributed by atoms with van der Waals surface area (Å²) in [5.41, 5.74) is 0. The van der Waals surface area contributed by atoms with Crippen molar-refractivity contribution in [1.82, 2.24) is 0 Å². The molecular formula is C26H50O4. The molecule has 0 heterocycles. The molecule has 178 valence electrons. The summed E-state index contributed by atoms with van der Waals surface area (Å²) < 4.78 is 0. The van der Waals surface area contributed by atoms with Gasteiger partial charge in [-0.1, -0.05) is 105 Å². The predicted octanol–water partition coefficient (Wildman–Crippen LogP) is 7.94. The lowest BCUT2D eigenvalue weighted by atomic mass is 9.92. The molecule has 0 aliphatic rings. The standard InChI is InChI=1S/C26H50O4/c1-21(2)15-9-7-13-19-23(25(27)28)17-11-5-6-12-18-24(26(29)30)20-14-8-10-16-22(3)4/h21-24H,5-20H2,1-4H3,(H,27,28)(H,29,30). The Morgan fingerprint density at radius 2 is 0.700 bits per heavy atom. The van der Waals surface area contributed by atoms with E-state index >= 15 is 0 Å². The monoisotopic (exact) mass is 426 g/mol. The van der Waals surface area contributed by atoms with Crippen molar-refractivity contribution < 1.29 is 19.8 Å². The second-order valence-corrected chi connectivity index (χ2v) is 10.1. The number of unbranched alkanes of at least 4 members (excludes halogenated alkanes) is 7. The maximum atomic E-state index is 11.5. The SMILES string of the molecule is CC(C)CCCCCC(CCCCCCC(CCCCCC(C)C)C(=O)O)C(=O)O. The Labute approximate surface area is 186 Å². The average Bonchev–Trinajstić information content (AvgIpc) is 2.65. The smallest absolute Gasteiger partial charge is 0.306 e. The van der Waals surface area contributed by atoms with Gasteiger partial charge in [-0.15, -0.1) is 0 Å². The second kappa shape index (κ2) is 18.7. The summed E-state index contributed by atoms with van der Waals surface area (Å²) >= 11 is 0. The van der Waals surface area contributed by atoms with Gasteiger partial charge in [0.2, 0.25) is 0 Å². The molecule has 0 aromatic rings. The molecule has 2 N–H and O–H groups in total. The highest BCUT2D eigenvalue weighted by molar-refractivity contribution is 5.70. The Bertz CT molecular complexity index is 391. The van der Waals surface area contributed by atoms with Crippen LogP contribution in [-0.2, 0) is 9.59 Å². The van der Waals surface area contributed by atoms with E-state index in [0.717, 1.165) is 88.9 Å². The van der Waals surface area contributed by atoms with Crippen molar-refractivity contribution in [2.24, 2.45) is 23.7 Å². The van der Waals surface area contributed by atoms with E-state index in [1.807, 2.05) is 0 Å². The number of rotatable bonds is 21. The summed E-state index contributed by atoms with van der Waals surface area (Å²) in [4.78, 5) is 22.9. The molecule has 0 aromatic heterocycles. The summed E-state index contributed by atoms with van der Waals surface area (Å²) in [7, 11) is 0. The van der Waals surface area contributed by atoms with Crippen LogP contribution in [0.2, 0.25) is 0 Å². The molecule has 0 bridgehead atoms. The maximum Gasteiger partial charge on any atom is 0.306 e. The minimum absolute atomic E-state index is 0.207. The van der Waals surface area contributed by atoms with E-state index in [4.69, 9.17) is 0 Å². The Balaban J connectivity index is 3.86. The first-order chi connectivity index (χ1) is 14.2. The Morgan fingerprint density at radius 1 is 0.467 bits per heavy atom. The molecule has 0 amide bonds. The van der Waals surface area contributed by atoms with E-state index in [1.54, 1.807) is 0 Å². The summed E-state index contributed by atoms with van der Waals surface area (Å²) in [6.45, 7) is 8.92. The van der Waals surface area contributed by atoms with Gasteiger partial charge in [-0.3, -0.25) is 9.59 Å². The van der Waals surface area contributed by atoms with E-state index in [9.17, 15) is 19.8 Å². The summed E-state index contributed by atoms with van der Waals surface area (Å²) in [6, 6.07) is 0. The van der Waals surface area contributed by atoms with Crippen LogP contribution >= 0.6 is 0 Å². The largest absolute Gasteiger partial charge is 0.481 e. The third-order valence-electron chi connectivity index (χ3n) is 6.22. The topological polar surface area (TPSA) is 74.6 Å². The lowest BCUT2D eigenvalue weighted by Crippen LogP contribution is -2.14. The molecule has 2 atom stereocenters. The average molecular weight is 427 g/mol. The molecule has 30 heavy (non-hydrogen) atoms. The van der Waals surface area contributed by atoms with Crippen LogP contribution in [0.3, 0.4) is 0 Å². The molecule has 0 spiro atoms. The number of hydrogen-bond donors (Lipinski definition) is 2. The number of aliphatic carboxylic acids is 2. The van der Waals surface area contributed by atoms with E-state index in [0.29, 0.717) is 0 Å². The highest BCUT2D eigenvalue weighted by atomic mass is 16.4. The normalized spacial score (nSPS) is 13.7. The molecule has 4 nitrogen and oxygen atoms in total. The van der Waals surface area contributed by atoms with Crippen LogP contribution in [-0.4, -0.2) is 22.2 Å². The van der Waals surface area contributed by atoms with Gasteiger partial charge in [-0.25, -0.2) is 0 Å². The first kappa shape index (κ1) is 28.9. The van der Waals surface area contributed by atoms with Crippen LogP contribution in [0.5, 0.6) is 0 Å². The van der Waals surface area contributed by atoms with Crippen LogP contribution in [0.4, 0.5) is 0 Å². The molecule has 0 fully saturated rings. The van der Waals surface area contributed by atoms with E-state index in [-0.39, 0.29) is 11.8 Å². The predicted molar refractivity (Wildman–Crippen MR) is 126 cm³/mol. The lowest BCUT2D eigenvalue weighted by Gasteiger charge is -2.14. The Kier molecular flexibility index (Phi) is 18.0. The van der Waals surface area contributed by atoms with Crippen molar-refractivity contribution in [3.8, 4) is 0 Å². The number of carboxylic acid groups (broad SMARTS) is 2. The fourth-order valence-electron chi connectivity index (χ4n) is 4.16. The molecule has 0 saturated carbocycles. The third-order valence-corrected chi connectivity index (χ3v) is 6.22. The quantitative estimate of drug-likeness (QED) is 0.183. The zero-order chi connectivity index (χ0) is 22.8. The van der Waals surface area contributed by atoms with Gasteiger partial charge in [0.25, 0.3) is 0 Å². The first-order valence-electron chi connectivity index (χ1n) is 12.7. The van der Waals surface area contributed by atoms with Gasteiger partial charge in [0.1, 0.15) is 0 Å².